The van der Waals surface area contributed by atoms with Gasteiger partial charge in [0.05, 0.1) is 29.7 Å². The maximum absolute atomic E-state index is 14.3. The molecular formula is C22H21FN6O. The Bertz CT molecular complexity index is 1090. The Morgan fingerprint density at radius 2 is 1.87 bits per heavy atom. The number of rotatable bonds is 4. The number of hydrogen-bond donors (Lipinski definition) is 1. The highest BCUT2D eigenvalue weighted by Crippen LogP contribution is 2.40. The number of amides is 1. The molecule has 7 nitrogen and oxygen atoms in total. The first-order chi connectivity index (χ1) is 14.6. The molecule has 0 spiro atoms. The summed E-state index contributed by atoms with van der Waals surface area (Å²) in [6.45, 7) is 2.59. The molecule has 3 unspecified atom stereocenters. The molecule has 1 N–H and O–H groups in total. The van der Waals surface area contributed by atoms with Crippen LogP contribution in [0.1, 0.15) is 28.9 Å². The number of aryl methyl sites for hydroxylation is 1. The number of anilines is 1. The van der Waals surface area contributed by atoms with Gasteiger partial charge in [-0.3, -0.25) is 19.7 Å². The summed E-state index contributed by atoms with van der Waals surface area (Å²) in [5.74, 6) is 0.507. The minimum Gasteiger partial charge on any atom is -0.364 e. The van der Waals surface area contributed by atoms with Crippen molar-refractivity contribution in [1.29, 1.82) is 0 Å². The van der Waals surface area contributed by atoms with Crippen molar-refractivity contribution in [2.45, 2.75) is 31.8 Å². The first-order valence-corrected chi connectivity index (χ1v) is 10.0. The van der Waals surface area contributed by atoms with E-state index in [1.165, 1.54) is 18.3 Å². The third-order valence-corrected chi connectivity index (χ3v) is 5.88. The van der Waals surface area contributed by atoms with Crippen LogP contribution in [0, 0.1) is 18.7 Å². The van der Waals surface area contributed by atoms with E-state index in [4.69, 9.17) is 0 Å². The number of fused-ring (bicyclic) bond motifs is 2. The van der Waals surface area contributed by atoms with Crippen LogP contribution in [0.5, 0.6) is 0 Å². The highest BCUT2D eigenvalue weighted by Gasteiger charge is 2.47. The summed E-state index contributed by atoms with van der Waals surface area (Å²) in [5, 5.41) is 3.44. The average molecular weight is 404 g/mol. The van der Waals surface area contributed by atoms with E-state index in [9.17, 15) is 9.18 Å². The predicted molar refractivity (Wildman–Crippen MR) is 109 cm³/mol. The molecule has 3 aromatic rings. The van der Waals surface area contributed by atoms with Gasteiger partial charge in [-0.05, 0) is 49.9 Å². The second-order valence-electron chi connectivity index (χ2n) is 7.89. The fourth-order valence-corrected chi connectivity index (χ4v) is 4.55. The summed E-state index contributed by atoms with van der Waals surface area (Å²) in [7, 11) is 0. The molecule has 2 aliphatic rings. The molecule has 8 heteroatoms. The molecular weight excluding hydrogens is 383 g/mol. The van der Waals surface area contributed by atoms with E-state index in [0.717, 1.165) is 18.5 Å². The van der Waals surface area contributed by atoms with Gasteiger partial charge in [-0.1, -0.05) is 0 Å². The van der Waals surface area contributed by atoms with Gasteiger partial charge in [0.1, 0.15) is 17.2 Å². The lowest BCUT2D eigenvalue weighted by atomic mass is 10.0. The lowest BCUT2D eigenvalue weighted by Gasteiger charge is -2.34. The van der Waals surface area contributed by atoms with Crippen LogP contribution in [-0.2, 0) is 0 Å². The molecule has 0 radical (unpaired) electrons. The third kappa shape index (κ3) is 3.28. The second-order valence-corrected chi connectivity index (χ2v) is 7.89. The largest absolute Gasteiger partial charge is 0.364 e. The van der Waals surface area contributed by atoms with E-state index in [2.05, 4.69) is 25.3 Å². The highest BCUT2D eigenvalue weighted by atomic mass is 19.1. The number of pyridine rings is 2. The van der Waals surface area contributed by atoms with Gasteiger partial charge in [0, 0.05) is 25.0 Å². The second kappa shape index (κ2) is 7.44. The van der Waals surface area contributed by atoms with Crippen LogP contribution in [0.15, 0.2) is 49.1 Å². The van der Waals surface area contributed by atoms with E-state index in [-0.39, 0.29) is 29.4 Å². The maximum Gasteiger partial charge on any atom is 0.256 e. The van der Waals surface area contributed by atoms with E-state index < -0.39 is 5.82 Å². The van der Waals surface area contributed by atoms with Crippen molar-refractivity contribution >= 4 is 11.7 Å². The van der Waals surface area contributed by atoms with Crippen LogP contribution in [0.25, 0.3) is 11.4 Å². The number of carbonyl (C=O) groups is 1. The molecule has 2 fully saturated rings. The number of nitrogens with zero attached hydrogens (tertiary/aromatic N) is 5. The fraction of sp³-hybridized carbons (Fsp3) is 0.318. The number of piperidine rings is 1. The van der Waals surface area contributed by atoms with Gasteiger partial charge in [-0.2, -0.15) is 0 Å². The number of hydrogen-bond acceptors (Lipinski definition) is 6. The van der Waals surface area contributed by atoms with Crippen molar-refractivity contribution < 1.29 is 9.18 Å². The quantitative estimate of drug-likeness (QED) is 0.719. The van der Waals surface area contributed by atoms with Crippen molar-refractivity contribution in [3.63, 3.8) is 0 Å². The van der Waals surface area contributed by atoms with E-state index in [0.29, 0.717) is 23.8 Å². The van der Waals surface area contributed by atoms with E-state index in [1.54, 1.807) is 30.7 Å². The number of aromatic nitrogens is 4. The lowest BCUT2D eigenvalue weighted by molar-refractivity contribution is 0.0692. The third-order valence-electron chi connectivity index (χ3n) is 5.88. The minimum absolute atomic E-state index is 0.0484. The lowest BCUT2D eigenvalue weighted by Crippen LogP contribution is -2.48. The summed E-state index contributed by atoms with van der Waals surface area (Å²) < 4.78 is 14.3. The molecule has 3 aromatic heterocycles. The Labute approximate surface area is 173 Å². The molecule has 3 atom stereocenters. The van der Waals surface area contributed by atoms with Crippen LogP contribution in [-0.4, -0.2) is 49.4 Å². The van der Waals surface area contributed by atoms with Crippen LogP contribution < -0.4 is 5.32 Å². The Balaban J connectivity index is 1.41. The van der Waals surface area contributed by atoms with Gasteiger partial charge in [0.2, 0.25) is 0 Å². The van der Waals surface area contributed by atoms with Crippen molar-refractivity contribution in [2.24, 2.45) is 5.92 Å². The van der Waals surface area contributed by atoms with Crippen LogP contribution in [0.2, 0.25) is 0 Å². The molecule has 5 rings (SSSR count). The SMILES string of the molecule is Cc1cnc(NC2CC3CC2N(C(=O)c2cccnc2-c2ncccc2F)C3)cn1. The van der Waals surface area contributed by atoms with E-state index >= 15 is 0 Å². The maximum atomic E-state index is 14.3. The summed E-state index contributed by atoms with van der Waals surface area (Å²) >= 11 is 0. The predicted octanol–water partition coefficient (Wildman–Crippen LogP) is 3.10. The van der Waals surface area contributed by atoms with Gasteiger partial charge in [0.25, 0.3) is 5.91 Å². The normalized spacial score (nSPS) is 22.3. The van der Waals surface area contributed by atoms with Crippen LogP contribution in [0.4, 0.5) is 10.2 Å². The van der Waals surface area contributed by atoms with Crippen molar-refractivity contribution in [3.05, 3.63) is 66.1 Å². The molecule has 0 aromatic carbocycles. The van der Waals surface area contributed by atoms with Gasteiger partial charge in [-0.15, -0.1) is 0 Å². The van der Waals surface area contributed by atoms with Crippen molar-refractivity contribution in [2.75, 3.05) is 11.9 Å². The Morgan fingerprint density at radius 1 is 1.07 bits per heavy atom. The summed E-state index contributed by atoms with van der Waals surface area (Å²) in [6, 6.07) is 6.39. The highest BCUT2D eigenvalue weighted by molar-refractivity contribution is 6.00. The topological polar surface area (TPSA) is 83.9 Å². The molecule has 1 aliphatic heterocycles. The molecule has 152 valence electrons. The van der Waals surface area contributed by atoms with Gasteiger partial charge < -0.3 is 10.2 Å². The monoisotopic (exact) mass is 404 g/mol. The Kier molecular flexibility index (Phi) is 4.61. The molecule has 1 aliphatic carbocycles. The smallest absolute Gasteiger partial charge is 0.256 e. The molecule has 1 saturated carbocycles. The van der Waals surface area contributed by atoms with Crippen molar-refractivity contribution in [1.82, 2.24) is 24.8 Å². The number of likely N-dealkylation sites (tertiary alicyclic amines) is 1. The summed E-state index contributed by atoms with van der Waals surface area (Å²) in [5.41, 5.74) is 1.60. The minimum atomic E-state index is -0.495. The van der Waals surface area contributed by atoms with Gasteiger partial charge in [-0.25, -0.2) is 9.37 Å². The zero-order valence-electron chi connectivity index (χ0n) is 16.5. The summed E-state index contributed by atoms with van der Waals surface area (Å²) in [4.78, 5) is 32.4. The van der Waals surface area contributed by atoms with Crippen LogP contribution >= 0.6 is 0 Å². The standard InChI is InChI=1S/C22H21FN6O/c1-13-10-27-19(11-26-13)28-17-8-14-9-18(17)29(12-14)22(30)15-4-2-6-24-20(15)21-16(23)5-3-7-25-21/h2-7,10-11,14,17-18H,8-9,12H2,1H3,(H,27,28). The van der Waals surface area contributed by atoms with Crippen LogP contribution in [0.3, 0.4) is 0 Å². The fourth-order valence-electron chi connectivity index (χ4n) is 4.55. The average Bonchev–Trinajstić information content (AvgIpc) is 3.36. The number of nitrogens with one attached hydrogen (secondary N) is 1. The molecule has 1 saturated heterocycles. The van der Waals surface area contributed by atoms with Crippen molar-refractivity contribution in [3.8, 4) is 11.4 Å². The number of halogens is 1. The number of carbonyl (C=O) groups excluding carboxylic acids is 1. The van der Waals surface area contributed by atoms with Gasteiger partial charge >= 0.3 is 0 Å². The Morgan fingerprint density at radius 3 is 2.60 bits per heavy atom. The molecule has 30 heavy (non-hydrogen) atoms. The zero-order valence-corrected chi connectivity index (χ0v) is 16.5. The molecule has 1 amide bonds. The summed E-state index contributed by atoms with van der Waals surface area (Å²) in [6.07, 6.45) is 8.42. The van der Waals surface area contributed by atoms with E-state index in [1.807, 2.05) is 11.8 Å². The first-order valence-electron chi connectivity index (χ1n) is 10.0. The molecule has 2 bridgehead atoms. The molecule has 4 heterocycles. The zero-order chi connectivity index (χ0) is 20.7. The first kappa shape index (κ1) is 18.6. The Hall–Kier alpha value is -3.42. The van der Waals surface area contributed by atoms with Gasteiger partial charge in [0.15, 0.2) is 5.82 Å².